The smallest absolute Gasteiger partial charge is 0.252 e. The van der Waals surface area contributed by atoms with Crippen LogP contribution < -0.4 is 5.56 Å². The van der Waals surface area contributed by atoms with Gasteiger partial charge in [0, 0.05) is 30.8 Å². The molecule has 0 unspecified atom stereocenters. The first-order valence-corrected chi connectivity index (χ1v) is 12.4. The number of nitrogens with one attached hydrogen (secondary N) is 1. The van der Waals surface area contributed by atoms with Crippen molar-refractivity contribution in [1.82, 2.24) is 30.1 Å². The van der Waals surface area contributed by atoms with E-state index in [9.17, 15) is 4.79 Å². The van der Waals surface area contributed by atoms with Gasteiger partial charge in [-0.3, -0.25) is 9.69 Å². The zero-order chi connectivity index (χ0) is 24.2. The molecule has 1 fully saturated rings. The van der Waals surface area contributed by atoms with Gasteiger partial charge in [0.1, 0.15) is 0 Å². The first-order chi connectivity index (χ1) is 17.1. The monoisotopic (exact) mass is 472 g/mol. The van der Waals surface area contributed by atoms with Crippen LogP contribution in [-0.2, 0) is 17.8 Å². The number of hydrogen-bond donors (Lipinski definition) is 1. The largest absolute Gasteiger partial charge is 0.377 e. The fraction of sp³-hybridized carbons (Fsp3) is 0.407. The SMILES string of the molecule is CC[C@@H](c1nnnn1Cc1ccccc1)N(Cc1cc2cc(C)ccc2[nH]c1=O)C[C@H]1CCCO1. The van der Waals surface area contributed by atoms with Crippen molar-refractivity contribution in [2.75, 3.05) is 13.2 Å². The lowest BCUT2D eigenvalue weighted by Crippen LogP contribution is -2.37. The third-order valence-electron chi connectivity index (χ3n) is 6.77. The molecule has 182 valence electrons. The van der Waals surface area contributed by atoms with Crippen LogP contribution in [0.25, 0.3) is 10.9 Å². The van der Waals surface area contributed by atoms with E-state index < -0.39 is 0 Å². The average Bonchev–Trinajstić information content (AvgIpc) is 3.54. The van der Waals surface area contributed by atoms with E-state index in [-0.39, 0.29) is 17.7 Å². The standard InChI is InChI=1S/C27H32N6O2/c1-3-25(26-29-30-31-33(26)16-20-8-5-4-6-9-20)32(18-23-10-7-13-35-23)17-22-15-21-14-19(2)11-12-24(21)28-27(22)34/h4-6,8-9,11-12,14-15,23,25H,3,7,10,13,16-18H2,1-2H3,(H,28,34)/t23-,25+/m1/s1. The van der Waals surface area contributed by atoms with Crippen molar-refractivity contribution in [3.63, 3.8) is 0 Å². The molecule has 0 amide bonds. The summed E-state index contributed by atoms with van der Waals surface area (Å²) in [5.41, 5.74) is 3.84. The van der Waals surface area contributed by atoms with Crippen LogP contribution >= 0.6 is 0 Å². The summed E-state index contributed by atoms with van der Waals surface area (Å²) >= 11 is 0. The highest BCUT2D eigenvalue weighted by Gasteiger charge is 2.29. The number of fused-ring (bicyclic) bond motifs is 1. The van der Waals surface area contributed by atoms with Gasteiger partial charge >= 0.3 is 0 Å². The molecule has 3 heterocycles. The average molecular weight is 473 g/mol. The summed E-state index contributed by atoms with van der Waals surface area (Å²) in [5.74, 6) is 0.808. The molecule has 0 radical (unpaired) electrons. The van der Waals surface area contributed by atoms with Gasteiger partial charge in [0.2, 0.25) is 0 Å². The van der Waals surface area contributed by atoms with Gasteiger partial charge < -0.3 is 9.72 Å². The molecule has 2 atom stereocenters. The Morgan fingerprint density at radius 3 is 2.83 bits per heavy atom. The van der Waals surface area contributed by atoms with Crippen molar-refractivity contribution in [3.8, 4) is 0 Å². The summed E-state index contributed by atoms with van der Waals surface area (Å²) in [6.07, 6.45) is 3.04. The molecular weight excluding hydrogens is 440 g/mol. The Morgan fingerprint density at radius 1 is 1.20 bits per heavy atom. The van der Waals surface area contributed by atoms with Crippen LogP contribution in [0.15, 0.2) is 59.4 Å². The Hall–Kier alpha value is -3.36. The first-order valence-electron chi connectivity index (χ1n) is 12.4. The van der Waals surface area contributed by atoms with E-state index in [0.29, 0.717) is 13.1 Å². The summed E-state index contributed by atoms with van der Waals surface area (Å²) in [4.78, 5) is 18.4. The number of aromatic amines is 1. The number of H-pyrrole nitrogens is 1. The predicted octanol–water partition coefficient (Wildman–Crippen LogP) is 4.00. The summed E-state index contributed by atoms with van der Waals surface area (Å²) < 4.78 is 7.86. The number of nitrogens with zero attached hydrogens (tertiary/aromatic N) is 5. The van der Waals surface area contributed by atoms with Crippen LogP contribution in [-0.4, -0.2) is 49.3 Å². The normalized spacial score (nSPS) is 16.8. The maximum Gasteiger partial charge on any atom is 0.252 e. The lowest BCUT2D eigenvalue weighted by molar-refractivity contribution is 0.0489. The van der Waals surface area contributed by atoms with E-state index in [4.69, 9.17) is 4.74 Å². The molecule has 2 aromatic heterocycles. The number of aromatic nitrogens is 5. The van der Waals surface area contributed by atoms with Crippen molar-refractivity contribution in [1.29, 1.82) is 0 Å². The lowest BCUT2D eigenvalue weighted by Gasteiger charge is -2.32. The molecule has 1 aliphatic heterocycles. The minimum atomic E-state index is -0.0579. The van der Waals surface area contributed by atoms with E-state index in [0.717, 1.165) is 60.3 Å². The van der Waals surface area contributed by atoms with Gasteiger partial charge in [-0.2, -0.15) is 0 Å². The van der Waals surface area contributed by atoms with Gasteiger partial charge in [-0.1, -0.05) is 48.9 Å². The number of tetrazole rings is 1. The minimum Gasteiger partial charge on any atom is -0.377 e. The molecule has 8 nitrogen and oxygen atoms in total. The number of hydrogen-bond acceptors (Lipinski definition) is 6. The second-order valence-corrected chi connectivity index (χ2v) is 9.38. The molecule has 0 saturated carbocycles. The molecule has 0 bridgehead atoms. The van der Waals surface area contributed by atoms with Gasteiger partial charge in [0.15, 0.2) is 5.82 Å². The number of pyridine rings is 1. The summed E-state index contributed by atoms with van der Waals surface area (Å²) in [7, 11) is 0. The highest BCUT2D eigenvalue weighted by atomic mass is 16.5. The third kappa shape index (κ3) is 5.33. The number of rotatable bonds is 9. The van der Waals surface area contributed by atoms with Crippen LogP contribution in [0.5, 0.6) is 0 Å². The van der Waals surface area contributed by atoms with Gasteiger partial charge in [-0.05, 0) is 65.8 Å². The fourth-order valence-corrected chi connectivity index (χ4v) is 4.98. The third-order valence-corrected chi connectivity index (χ3v) is 6.77. The van der Waals surface area contributed by atoms with E-state index in [2.05, 4.69) is 57.5 Å². The Morgan fingerprint density at radius 2 is 2.06 bits per heavy atom. The van der Waals surface area contributed by atoms with Gasteiger partial charge in [0.25, 0.3) is 5.56 Å². The molecule has 5 rings (SSSR count). The zero-order valence-electron chi connectivity index (χ0n) is 20.4. The highest BCUT2D eigenvalue weighted by Crippen LogP contribution is 2.27. The van der Waals surface area contributed by atoms with Crippen LogP contribution in [0.3, 0.4) is 0 Å². The quantitative estimate of drug-likeness (QED) is 0.396. The summed E-state index contributed by atoms with van der Waals surface area (Å²) in [6, 6.07) is 18.3. The van der Waals surface area contributed by atoms with Crippen molar-refractivity contribution >= 4 is 10.9 Å². The topological polar surface area (TPSA) is 88.9 Å². The second kappa shape index (κ2) is 10.5. The van der Waals surface area contributed by atoms with E-state index in [1.165, 1.54) is 5.56 Å². The maximum atomic E-state index is 13.0. The highest BCUT2D eigenvalue weighted by molar-refractivity contribution is 5.79. The molecule has 1 saturated heterocycles. The Balaban J connectivity index is 1.48. The molecule has 4 aromatic rings. The predicted molar refractivity (Wildman–Crippen MR) is 135 cm³/mol. The summed E-state index contributed by atoms with van der Waals surface area (Å²) in [5, 5.41) is 13.8. The molecular formula is C27H32N6O2. The minimum absolute atomic E-state index is 0.0504. The molecule has 0 spiro atoms. The molecule has 2 aromatic carbocycles. The van der Waals surface area contributed by atoms with Crippen molar-refractivity contribution in [2.24, 2.45) is 0 Å². The molecule has 1 N–H and O–H groups in total. The number of aryl methyl sites for hydroxylation is 1. The molecule has 0 aliphatic carbocycles. The second-order valence-electron chi connectivity index (χ2n) is 9.38. The maximum absolute atomic E-state index is 13.0. The van der Waals surface area contributed by atoms with Crippen molar-refractivity contribution in [3.05, 3.63) is 87.5 Å². The van der Waals surface area contributed by atoms with Crippen LogP contribution in [0, 0.1) is 6.92 Å². The number of ether oxygens (including phenoxy) is 1. The van der Waals surface area contributed by atoms with Gasteiger partial charge in [-0.15, -0.1) is 5.10 Å². The lowest BCUT2D eigenvalue weighted by atomic mass is 10.1. The van der Waals surface area contributed by atoms with E-state index in [1.807, 2.05) is 41.1 Å². The van der Waals surface area contributed by atoms with Gasteiger partial charge in [0.05, 0.1) is 18.7 Å². The Labute approximate surface area is 204 Å². The Kier molecular flexibility index (Phi) is 7.01. The Bertz CT molecular complexity index is 1330. The van der Waals surface area contributed by atoms with Crippen molar-refractivity contribution in [2.45, 2.75) is 58.3 Å². The van der Waals surface area contributed by atoms with Crippen molar-refractivity contribution < 1.29 is 4.74 Å². The van der Waals surface area contributed by atoms with Gasteiger partial charge in [-0.25, -0.2) is 4.68 Å². The molecule has 1 aliphatic rings. The first kappa shape index (κ1) is 23.4. The van der Waals surface area contributed by atoms with E-state index >= 15 is 0 Å². The van der Waals surface area contributed by atoms with Crippen LogP contribution in [0.1, 0.15) is 54.7 Å². The fourth-order valence-electron chi connectivity index (χ4n) is 4.98. The molecule has 8 heteroatoms. The van der Waals surface area contributed by atoms with Crippen LogP contribution in [0.2, 0.25) is 0 Å². The van der Waals surface area contributed by atoms with E-state index in [1.54, 1.807) is 0 Å². The number of benzene rings is 2. The molecule has 35 heavy (non-hydrogen) atoms. The van der Waals surface area contributed by atoms with Crippen LogP contribution in [0.4, 0.5) is 0 Å². The summed E-state index contributed by atoms with van der Waals surface area (Å²) in [6.45, 7) is 6.81. The zero-order valence-corrected chi connectivity index (χ0v) is 20.4.